The van der Waals surface area contributed by atoms with Gasteiger partial charge in [0.2, 0.25) is 0 Å². The second kappa shape index (κ2) is 6.86. The summed E-state index contributed by atoms with van der Waals surface area (Å²) in [6, 6.07) is 9.14. The van der Waals surface area contributed by atoms with E-state index in [0.29, 0.717) is 18.5 Å². The van der Waals surface area contributed by atoms with E-state index in [2.05, 4.69) is 30.1 Å². The van der Waals surface area contributed by atoms with Crippen molar-refractivity contribution < 1.29 is 9.53 Å². The van der Waals surface area contributed by atoms with Crippen molar-refractivity contribution in [1.82, 2.24) is 10.2 Å². The highest BCUT2D eigenvalue weighted by Gasteiger charge is 2.21. The highest BCUT2D eigenvalue weighted by Crippen LogP contribution is 2.15. The first kappa shape index (κ1) is 15.0. The van der Waals surface area contributed by atoms with Gasteiger partial charge in [0.15, 0.2) is 0 Å². The molecule has 1 heterocycles. The number of ether oxygens (including phenoxy) is 1. The van der Waals surface area contributed by atoms with Crippen LogP contribution in [0.4, 0.5) is 0 Å². The van der Waals surface area contributed by atoms with Crippen LogP contribution in [0.25, 0.3) is 0 Å². The van der Waals surface area contributed by atoms with Crippen LogP contribution in [0.15, 0.2) is 24.3 Å². The normalized spacial score (nSPS) is 23.6. The van der Waals surface area contributed by atoms with Gasteiger partial charge in [-0.1, -0.05) is 24.3 Å². The molecule has 0 bridgehead atoms. The van der Waals surface area contributed by atoms with Crippen LogP contribution in [0.3, 0.4) is 0 Å². The van der Waals surface area contributed by atoms with Gasteiger partial charge >= 0.3 is 5.97 Å². The van der Waals surface area contributed by atoms with E-state index in [9.17, 15) is 4.79 Å². The van der Waals surface area contributed by atoms with E-state index in [1.165, 1.54) is 12.7 Å². The van der Waals surface area contributed by atoms with Crippen molar-refractivity contribution in [1.29, 1.82) is 0 Å². The third kappa shape index (κ3) is 4.05. The van der Waals surface area contributed by atoms with Crippen molar-refractivity contribution in [2.75, 3.05) is 20.2 Å². The molecule has 110 valence electrons. The number of carbonyl (C=O) groups excluding carboxylic acids is 1. The molecule has 1 aromatic carbocycles. The lowest BCUT2D eigenvalue weighted by Crippen LogP contribution is -2.53. The number of nitrogens with zero attached hydrogens (tertiary/aromatic N) is 1. The Bertz CT molecular complexity index is 452. The Balaban J connectivity index is 2.06. The zero-order valence-corrected chi connectivity index (χ0v) is 12.6. The lowest BCUT2D eigenvalue weighted by atomic mass is 10.0. The Morgan fingerprint density at radius 2 is 1.85 bits per heavy atom. The number of benzene rings is 1. The molecule has 1 saturated heterocycles. The third-order valence-electron chi connectivity index (χ3n) is 3.71. The molecule has 4 heteroatoms. The molecule has 1 aliphatic rings. The lowest BCUT2D eigenvalue weighted by Gasteiger charge is -2.36. The number of carbonyl (C=O) groups is 1. The molecule has 1 aliphatic heterocycles. The maximum atomic E-state index is 11.5. The van der Waals surface area contributed by atoms with E-state index in [-0.39, 0.29) is 5.97 Å². The molecule has 0 amide bonds. The van der Waals surface area contributed by atoms with Crippen LogP contribution in [0.5, 0.6) is 0 Å². The molecule has 4 nitrogen and oxygen atoms in total. The first-order valence-electron chi connectivity index (χ1n) is 7.20. The molecule has 2 unspecified atom stereocenters. The molecule has 0 spiro atoms. The fraction of sp³-hybridized carbons (Fsp3) is 0.562. The number of esters is 1. The van der Waals surface area contributed by atoms with Crippen LogP contribution < -0.4 is 5.32 Å². The molecule has 1 N–H and O–H groups in total. The number of hydrogen-bond donors (Lipinski definition) is 1. The maximum Gasteiger partial charge on any atom is 0.309 e. The average molecular weight is 276 g/mol. The Morgan fingerprint density at radius 3 is 2.45 bits per heavy atom. The monoisotopic (exact) mass is 276 g/mol. The second-order valence-corrected chi connectivity index (χ2v) is 5.68. The molecule has 0 radical (unpaired) electrons. The van der Waals surface area contributed by atoms with E-state index in [1.807, 2.05) is 18.2 Å². The summed E-state index contributed by atoms with van der Waals surface area (Å²) in [6.07, 6.45) is 0.351. The number of rotatable bonds is 4. The topological polar surface area (TPSA) is 41.6 Å². The number of hydrogen-bond acceptors (Lipinski definition) is 4. The molecule has 2 atom stereocenters. The fourth-order valence-corrected chi connectivity index (χ4v) is 2.92. The lowest BCUT2D eigenvalue weighted by molar-refractivity contribution is -0.139. The summed E-state index contributed by atoms with van der Waals surface area (Å²) in [5.74, 6) is -0.181. The van der Waals surface area contributed by atoms with Gasteiger partial charge in [0.25, 0.3) is 0 Å². The molecular weight excluding hydrogens is 252 g/mol. The molecule has 0 saturated carbocycles. The SMILES string of the molecule is COC(=O)Cc1ccccc1CN1CC(C)NC(C)C1. The molecule has 1 aromatic rings. The van der Waals surface area contributed by atoms with Crippen LogP contribution in [-0.4, -0.2) is 43.2 Å². The third-order valence-corrected chi connectivity index (χ3v) is 3.71. The van der Waals surface area contributed by atoms with Gasteiger partial charge in [0.1, 0.15) is 0 Å². The zero-order chi connectivity index (χ0) is 14.5. The van der Waals surface area contributed by atoms with Crippen LogP contribution in [0, 0.1) is 0 Å². The smallest absolute Gasteiger partial charge is 0.309 e. The quantitative estimate of drug-likeness (QED) is 0.848. The highest BCUT2D eigenvalue weighted by molar-refractivity contribution is 5.72. The van der Waals surface area contributed by atoms with Gasteiger partial charge in [-0.05, 0) is 25.0 Å². The van der Waals surface area contributed by atoms with Crippen LogP contribution in [-0.2, 0) is 22.5 Å². The van der Waals surface area contributed by atoms with Gasteiger partial charge in [-0.3, -0.25) is 9.69 Å². The summed E-state index contributed by atoms with van der Waals surface area (Å²) >= 11 is 0. The summed E-state index contributed by atoms with van der Waals surface area (Å²) in [5.41, 5.74) is 2.29. The van der Waals surface area contributed by atoms with Gasteiger partial charge in [0, 0.05) is 31.7 Å². The summed E-state index contributed by atoms with van der Waals surface area (Å²) in [6.45, 7) is 7.39. The molecule has 1 fully saturated rings. The standard InChI is InChI=1S/C16H24N2O2/c1-12-9-18(10-13(2)17-12)11-15-7-5-4-6-14(15)8-16(19)20-3/h4-7,12-13,17H,8-11H2,1-3H3. The molecule has 0 aromatic heterocycles. The summed E-state index contributed by atoms with van der Waals surface area (Å²) < 4.78 is 4.77. The van der Waals surface area contributed by atoms with Crippen LogP contribution >= 0.6 is 0 Å². The summed E-state index contributed by atoms with van der Waals surface area (Å²) in [4.78, 5) is 13.9. The maximum absolute atomic E-state index is 11.5. The predicted octanol–water partition coefficient (Wildman–Crippen LogP) is 1.58. The largest absolute Gasteiger partial charge is 0.469 e. The Kier molecular flexibility index (Phi) is 5.15. The van der Waals surface area contributed by atoms with Gasteiger partial charge in [-0.15, -0.1) is 0 Å². The Labute approximate surface area is 121 Å². The number of piperazine rings is 1. The van der Waals surface area contributed by atoms with E-state index in [0.717, 1.165) is 25.2 Å². The minimum absolute atomic E-state index is 0.181. The van der Waals surface area contributed by atoms with E-state index >= 15 is 0 Å². The number of methoxy groups -OCH3 is 1. The minimum atomic E-state index is -0.181. The zero-order valence-electron chi connectivity index (χ0n) is 12.6. The van der Waals surface area contributed by atoms with Crippen LogP contribution in [0.1, 0.15) is 25.0 Å². The van der Waals surface area contributed by atoms with Gasteiger partial charge in [0.05, 0.1) is 13.5 Å². The molecule has 2 rings (SSSR count). The second-order valence-electron chi connectivity index (χ2n) is 5.68. The van der Waals surface area contributed by atoms with Gasteiger partial charge < -0.3 is 10.1 Å². The fourth-order valence-electron chi connectivity index (χ4n) is 2.92. The van der Waals surface area contributed by atoms with E-state index in [1.54, 1.807) is 0 Å². The van der Waals surface area contributed by atoms with Crippen molar-refractivity contribution in [3.8, 4) is 0 Å². The van der Waals surface area contributed by atoms with Crippen molar-refractivity contribution in [3.63, 3.8) is 0 Å². The average Bonchev–Trinajstić information content (AvgIpc) is 2.39. The van der Waals surface area contributed by atoms with Crippen LogP contribution in [0.2, 0.25) is 0 Å². The van der Waals surface area contributed by atoms with E-state index < -0.39 is 0 Å². The van der Waals surface area contributed by atoms with Crippen molar-refractivity contribution in [2.45, 2.75) is 38.9 Å². The first-order chi connectivity index (χ1) is 9.58. The number of nitrogens with one attached hydrogen (secondary N) is 1. The minimum Gasteiger partial charge on any atom is -0.469 e. The van der Waals surface area contributed by atoms with Crippen molar-refractivity contribution in [3.05, 3.63) is 35.4 Å². The Hall–Kier alpha value is -1.39. The van der Waals surface area contributed by atoms with Gasteiger partial charge in [-0.2, -0.15) is 0 Å². The summed E-state index contributed by atoms with van der Waals surface area (Å²) in [5, 5.41) is 3.54. The molecule has 0 aliphatic carbocycles. The Morgan fingerprint density at radius 1 is 1.25 bits per heavy atom. The van der Waals surface area contributed by atoms with E-state index in [4.69, 9.17) is 4.74 Å². The highest BCUT2D eigenvalue weighted by atomic mass is 16.5. The first-order valence-corrected chi connectivity index (χ1v) is 7.20. The predicted molar refractivity (Wildman–Crippen MR) is 79.5 cm³/mol. The van der Waals surface area contributed by atoms with Gasteiger partial charge in [-0.25, -0.2) is 0 Å². The summed E-state index contributed by atoms with van der Waals surface area (Å²) in [7, 11) is 1.44. The van der Waals surface area contributed by atoms with Crippen molar-refractivity contribution in [2.24, 2.45) is 0 Å². The molecular formula is C16H24N2O2. The molecule has 20 heavy (non-hydrogen) atoms. The van der Waals surface area contributed by atoms with Crippen molar-refractivity contribution >= 4 is 5.97 Å².